The Bertz CT molecular complexity index is 764. The zero-order chi connectivity index (χ0) is 19.2. The van der Waals surface area contributed by atoms with Crippen LogP contribution in [0.1, 0.15) is 26.3 Å². The lowest BCUT2D eigenvalue weighted by Gasteiger charge is -2.20. The summed E-state index contributed by atoms with van der Waals surface area (Å²) in [5.41, 5.74) is 1.94. The van der Waals surface area contributed by atoms with Crippen molar-refractivity contribution in [2.24, 2.45) is 0 Å². The van der Waals surface area contributed by atoms with Crippen molar-refractivity contribution in [3.05, 3.63) is 65.2 Å². The van der Waals surface area contributed by atoms with E-state index < -0.39 is 0 Å². The Kier molecular flexibility index (Phi) is 6.86. The molecule has 0 heterocycles. The molecule has 4 nitrogen and oxygen atoms in total. The zero-order valence-corrected chi connectivity index (χ0v) is 16.9. The summed E-state index contributed by atoms with van der Waals surface area (Å²) in [5.74, 6) is 1.14. The number of ether oxygens (including phenoxy) is 2. The lowest BCUT2D eigenvalue weighted by molar-refractivity contribution is -0.118. The van der Waals surface area contributed by atoms with Crippen LogP contribution in [0.2, 0.25) is 0 Å². The van der Waals surface area contributed by atoms with E-state index in [1.165, 1.54) is 5.56 Å². The summed E-state index contributed by atoms with van der Waals surface area (Å²) in [7, 11) is 0. The minimum Gasteiger partial charge on any atom is -0.490 e. The molecule has 0 radical (unpaired) electrons. The average Bonchev–Trinajstić information content (AvgIpc) is 2.59. The fourth-order valence-electron chi connectivity index (χ4n) is 2.21. The van der Waals surface area contributed by atoms with Crippen molar-refractivity contribution >= 4 is 27.5 Å². The molecule has 5 heteroatoms. The van der Waals surface area contributed by atoms with Crippen molar-refractivity contribution < 1.29 is 14.3 Å². The van der Waals surface area contributed by atoms with Crippen molar-refractivity contribution in [3.63, 3.8) is 0 Å². The van der Waals surface area contributed by atoms with Crippen LogP contribution in [0, 0.1) is 0 Å². The van der Waals surface area contributed by atoms with Gasteiger partial charge in [0, 0.05) is 5.69 Å². The molecule has 0 saturated heterocycles. The van der Waals surface area contributed by atoms with Gasteiger partial charge in [-0.2, -0.15) is 0 Å². The van der Waals surface area contributed by atoms with Gasteiger partial charge in [0.2, 0.25) is 0 Å². The molecule has 0 spiro atoms. The maximum Gasteiger partial charge on any atom is 0.262 e. The number of nitrogens with one attached hydrogen (secondary N) is 1. The van der Waals surface area contributed by atoms with Crippen molar-refractivity contribution in [2.45, 2.75) is 26.2 Å². The summed E-state index contributed by atoms with van der Waals surface area (Å²) in [5, 5.41) is 2.80. The van der Waals surface area contributed by atoms with Crippen LogP contribution in [0.4, 0.5) is 5.69 Å². The van der Waals surface area contributed by atoms with E-state index in [1.54, 1.807) is 30.3 Å². The fraction of sp³-hybridized carbons (Fsp3) is 0.286. The van der Waals surface area contributed by atoms with Gasteiger partial charge in [0.25, 0.3) is 5.91 Å². The molecule has 0 aliphatic rings. The summed E-state index contributed by atoms with van der Waals surface area (Å²) in [6, 6.07) is 13.1. The average molecular weight is 418 g/mol. The van der Waals surface area contributed by atoms with E-state index in [4.69, 9.17) is 9.47 Å². The first kappa shape index (κ1) is 20.0. The van der Waals surface area contributed by atoms with Gasteiger partial charge < -0.3 is 14.8 Å². The summed E-state index contributed by atoms with van der Waals surface area (Å²) in [6.07, 6.45) is 1.68. The molecule has 138 valence electrons. The molecule has 26 heavy (non-hydrogen) atoms. The normalized spacial score (nSPS) is 10.9. The summed E-state index contributed by atoms with van der Waals surface area (Å²) in [4.78, 5) is 12.1. The van der Waals surface area contributed by atoms with Crippen LogP contribution in [-0.4, -0.2) is 19.1 Å². The van der Waals surface area contributed by atoms with Gasteiger partial charge in [-0.15, -0.1) is 0 Å². The zero-order valence-electron chi connectivity index (χ0n) is 15.3. The van der Waals surface area contributed by atoms with Crippen LogP contribution < -0.4 is 14.8 Å². The molecular weight excluding hydrogens is 394 g/mol. The summed E-state index contributed by atoms with van der Waals surface area (Å²) in [6.45, 7) is 10.4. The molecule has 0 bridgehead atoms. The van der Waals surface area contributed by atoms with Crippen molar-refractivity contribution in [1.82, 2.24) is 0 Å². The Morgan fingerprint density at radius 1 is 1.15 bits per heavy atom. The van der Waals surface area contributed by atoms with Gasteiger partial charge >= 0.3 is 0 Å². The largest absolute Gasteiger partial charge is 0.490 e. The minimum absolute atomic E-state index is 0.0555. The number of carbonyl (C=O) groups is 1. The number of hydrogen-bond acceptors (Lipinski definition) is 3. The molecule has 2 aromatic rings. The van der Waals surface area contributed by atoms with Crippen LogP contribution in [-0.2, 0) is 10.2 Å². The molecule has 0 aliphatic carbocycles. The summed E-state index contributed by atoms with van der Waals surface area (Å²) < 4.78 is 11.9. The van der Waals surface area contributed by atoms with E-state index in [-0.39, 0.29) is 17.9 Å². The molecule has 2 aromatic carbocycles. The van der Waals surface area contributed by atoms with Gasteiger partial charge in [-0.25, -0.2) is 0 Å². The monoisotopic (exact) mass is 417 g/mol. The Balaban J connectivity index is 1.89. The Morgan fingerprint density at radius 2 is 1.85 bits per heavy atom. The van der Waals surface area contributed by atoms with Gasteiger partial charge in [0.1, 0.15) is 18.1 Å². The van der Waals surface area contributed by atoms with E-state index in [0.717, 1.165) is 10.2 Å². The fourth-order valence-corrected chi connectivity index (χ4v) is 2.71. The molecule has 0 aromatic heterocycles. The number of halogens is 1. The maximum absolute atomic E-state index is 12.1. The third-order valence-electron chi connectivity index (χ3n) is 3.66. The topological polar surface area (TPSA) is 47.6 Å². The first-order chi connectivity index (χ1) is 12.3. The highest BCUT2D eigenvalue weighted by Gasteiger charge is 2.15. The smallest absolute Gasteiger partial charge is 0.262 e. The van der Waals surface area contributed by atoms with Gasteiger partial charge in [-0.3, -0.25) is 4.79 Å². The second kappa shape index (κ2) is 8.90. The van der Waals surface area contributed by atoms with Crippen LogP contribution in [0.3, 0.4) is 0 Å². The van der Waals surface area contributed by atoms with Crippen molar-refractivity contribution in [1.29, 1.82) is 0 Å². The highest BCUT2D eigenvalue weighted by atomic mass is 79.9. The number of benzene rings is 2. The van der Waals surface area contributed by atoms with Gasteiger partial charge in [0.05, 0.1) is 4.47 Å². The molecule has 0 fully saturated rings. The Labute approximate surface area is 163 Å². The number of amides is 1. The first-order valence-electron chi connectivity index (χ1n) is 8.36. The van der Waals surface area contributed by atoms with E-state index >= 15 is 0 Å². The number of anilines is 1. The molecular formula is C21H24BrNO3. The molecule has 0 aliphatic heterocycles. The second-order valence-electron chi connectivity index (χ2n) is 6.86. The number of carbonyl (C=O) groups excluding carboxylic acids is 1. The third-order valence-corrected chi connectivity index (χ3v) is 4.28. The van der Waals surface area contributed by atoms with Gasteiger partial charge in [-0.05, 0) is 63.3 Å². The lowest BCUT2D eigenvalue weighted by atomic mass is 9.87. The second-order valence-corrected chi connectivity index (χ2v) is 7.71. The Morgan fingerprint density at radius 3 is 2.42 bits per heavy atom. The SMILES string of the molecule is C=CCOc1ccc(NC(=O)COc2ccc(C(C)(C)C)cc2Br)cc1. The van der Waals surface area contributed by atoms with Crippen molar-refractivity contribution in [3.8, 4) is 11.5 Å². The molecule has 0 saturated carbocycles. The van der Waals surface area contributed by atoms with Crippen LogP contribution in [0.15, 0.2) is 59.6 Å². The minimum atomic E-state index is -0.225. The molecule has 1 amide bonds. The highest BCUT2D eigenvalue weighted by molar-refractivity contribution is 9.10. The maximum atomic E-state index is 12.1. The van der Waals surface area contributed by atoms with Crippen LogP contribution >= 0.6 is 15.9 Å². The first-order valence-corrected chi connectivity index (χ1v) is 9.15. The third kappa shape index (κ3) is 5.92. The molecule has 0 atom stereocenters. The quantitative estimate of drug-likeness (QED) is 0.619. The summed E-state index contributed by atoms with van der Waals surface area (Å²) >= 11 is 3.51. The number of rotatable bonds is 7. The van der Waals surface area contributed by atoms with E-state index in [9.17, 15) is 4.79 Å². The predicted molar refractivity (Wildman–Crippen MR) is 109 cm³/mol. The van der Waals surface area contributed by atoms with Crippen LogP contribution in [0.25, 0.3) is 0 Å². The van der Waals surface area contributed by atoms with Crippen LogP contribution in [0.5, 0.6) is 11.5 Å². The molecule has 0 unspecified atom stereocenters. The lowest BCUT2D eigenvalue weighted by Crippen LogP contribution is -2.20. The molecule has 1 N–H and O–H groups in total. The van der Waals surface area contributed by atoms with Gasteiger partial charge in [-0.1, -0.05) is 39.5 Å². The predicted octanol–water partition coefficient (Wildman–Crippen LogP) is 5.33. The van der Waals surface area contributed by atoms with Gasteiger partial charge in [0.15, 0.2) is 6.61 Å². The van der Waals surface area contributed by atoms with E-state index in [2.05, 4.69) is 48.6 Å². The Hall–Kier alpha value is -2.27. The highest BCUT2D eigenvalue weighted by Crippen LogP contribution is 2.31. The standard InChI is InChI=1S/C21H24BrNO3/c1-5-12-25-17-9-7-16(8-10-17)23-20(24)14-26-19-11-6-15(13-18(19)22)21(2,3)4/h5-11,13H,1,12,14H2,2-4H3,(H,23,24). The number of hydrogen-bond donors (Lipinski definition) is 1. The van der Waals surface area contributed by atoms with Crippen molar-refractivity contribution in [2.75, 3.05) is 18.5 Å². The van der Waals surface area contributed by atoms with E-state index in [0.29, 0.717) is 18.0 Å². The molecule has 2 rings (SSSR count). The van der Waals surface area contributed by atoms with E-state index in [1.807, 2.05) is 18.2 Å².